The van der Waals surface area contributed by atoms with Gasteiger partial charge in [-0.3, -0.25) is 4.79 Å². The topological polar surface area (TPSA) is 55.6 Å². The SMILES string of the molecule is Cc1ccc(CN2C(=O)COc3c(N)cccc32)cc1. The van der Waals surface area contributed by atoms with Crippen LogP contribution in [0, 0.1) is 6.92 Å². The molecule has 0 aromatic heterocycles. The molecule has 2 N–H and O–H groups in total. The quantitative estimate of drug-likeness (QED) is 0.851. The number of hydrogen-bond donors (Lipinski definition) is 1. The number of carbonyl (C=O) groups excluding carboxylic acids is 1. The predicted molar refractivity (Wildman–Crippen MR) is 78.7 cm³/mol. The summed E-state index contributed by atoms with van der Waals surface area (Å²) in [4.78, 5) is 13.8. The number of fused-ring (bicyclic) bond motifs is 1. The summed E-state index contributed by atoms with van der Waals surface area (Å²) in [5.74, 6) is 0.544. The summed E-state index contributed by atoms with van der Waals surface area (Å²) < 4.78 is 5.44. The Morgan fingerprint density at radius 2 is 1.95 bits per heavy atom. The standard InChI is InChI=1S/C16H16N2O2/c1-11-5-7-12(8-6-11)9-18-14-4-2-3-13(17)16(14)20-10-15(18)19/h2-8H,9-10,17H2,1H3. The largest absolute Gasteiger partial charge is 0.479 e. The number of nitrogens with zero attached hydrogens (tertiary/aromatic N) is 1. The van der Waals surface area contributed by atoms with Crippen molar-refractivity contribution in [1.29, 1.82) is 0 Å². The van der Waals surface area contributed by atoms with Gasteiger partial charge in [-0.25, -0.2) is 0 Å². The fraction of sp³-hybridized carbons (Fsp3) is 0.188. The summed E-state index contributed by atoms with van der Waals surface area (Å²) in [5, 5.41) is 0. The number of benzene rings is 2. The molecule has 2 aromatic carbocycles. The van der Waals surface area contributed by atoms with Crippen LogP contribution in [0.3, 0.4) is 0 Å². The summed E-state index contributed by atoms with van der Waals surface area (Å²) in [6, 6.07) is 13.6. The smallest absolute Gasteiger partial charge is 0.265 e. The molecule has 0 radical (unpaired) electrons. The van der Waals surface area contributed by atoms with Gasteiger partial charge in [0.15, 0.2) is 12.4 Å². The molecule has 4 nitrogen and oxygen atoms in total. The van der Waals surface area contributed by atoms with Gasteiger partial charge in [0.25, 0.3) is 5.91 Å². The van der Waals surface area contributed by atoms with Crippen molar-refractivity contribution in [2.75, 3.05) is 17.2 Å². The third kappa shape index (κ3) is 2.20. The van der Waals surface area contributed by atoms with Crippen LogP contribution in [-0.4, -0.2) is 12.5 Å². The van der Waals surface area contributed by atoms with Crippen molar-refractivity contribution in [3.8, 4) is 5.75 Å². The number of aryl methyl sites for hydroxylation is 1. The second-order valence-corrected chi connectivity index (χ2v) is 4.95. The number of hydrogen-bond acceptors (Lipinski definition) is 3. The lowest BCUT2D eigenvalue weighted by molar-refractivity contribution is -0.121. The minimum atomic E-state index is -0.0522. The van der Waals surface area contributed by atoms with Crippen LogP contribution in [0.25, 0.3) is 0 Å². The van der Waals surface area contributed by atoms with Crippen molar-refractivity contribution in [3.05, 3.63) is 53.6 Å². The molecule has 0 unspecified atom stereocenters. The van der Waals surface area contributed by atoms with E-state index < -0.39 is 0 Å². The Labute approximate surface area is 117 Å². The molecule has 0 spiro atoms. The molecule has 102 valence electrons. The maximum Gasteiger partial charge on any atom is 0.265 e. The molecule has 0 saturated carbocycles. The Morgan fingerprint density at radius 1 is 1.20 bits per heavy atom. The van der Waals surface area contributed by atoms with E-state index in [0.717, 1.165) is 11.3 Å². The van der Waals surface area contributed by atoms with E-state index in [4.69, 9.17) is 10.5 Å². The van der Waals surface area contributed by atoms with E-state index in [2.05, 4.69) is 0 Å². The minimum absolute atomic E-state index is 0.0348. The summed E-state index contributed by atoms with van der Waals surface area (Å²) >= 11 is 0. The fourth-order valence-corrected chi connectivity index (χ4v) is 2.31. The molecule has 4 heteroatoms. The lowest BCUT2D eigenvalue weighted by Crippen LogP contribution is -2.38. The van der Waals surface area contributed by atoms with Gasteiger partial charge in [0.1, 0.15) is 0 Å². The molecule has 0 aliphatic carbocycles. The van der Waals surface area contributed by atoms with Gasteiger partial charge in [-0.1, -0.05) is 35.9 Å². The van der Waals surface area contributed by atoms with Crippen LogP contribution in [0.5, 0.6) is 5.75 Å². The third-order valence-corrected chi connectivity index (χ3v) is 3.42. The molecule has 0 atom stereocenters. The van der Waals surface area contributed by atoms with Gasteiger partial charge < -0.3 is 15.4 Å². The van der Waals surface area contributed by atoms with E-state index in [1.165, 1.54) is 5.56 Å². The normalized spacial score (nSPS) is 13.8. The van der Waals surface area contributed by atoms with Gasteiger partial charge in [0.05, 0.1) is 17.9 Å². The molecule has 1 amide bonds. The molecule has 0 saturated heterocycles. The second-order valence-electron chi connectivity index (χ2n) is 4.95. The van der Waals surface area contributed by atoms with E-state index in [-0.39, 0.29) is 12.5 Å². The van der Waals surface area contributed by atoms with Crippen LogP contribution >= 0.6 is 0 Å². The fourth-order valence-electron chi connectivity index (χ4n) is 2.31. The lowest BCUT2D eigenvalue weighted by atomic mass is 10.1. The maximum atomic E-state index is 12.1. The molecule has 0 bridgehead atoms. The van der Waals surface area contributed by atoms with Crippen LogP contribution in [0.4, 0.5) is 11.4 Å². The van der Waals surface area contributed by atoms with E-state index in [0.29, 0.717) is 18.0 Å². The molecule has 3 rings (SSSR count). The zero-order valence-electron chi connectivity index (χ0n) is 11.3. The zero-order valence-corrected chi connectivity index (χ0v) is 11.3. The van der Waals surface area contributed by atoms with Crippen molar-refractivity contribution in [2.24, 2.45) is 0 Å². The highest BCUT2D eigenvalue weighted by Crippen LogP contribution is 2.37. The maximum absolute atomic E-state index is 12.1. The molecule has 1 aliphatic heterocycles. The van der Waals surface area contributed by atoms with Crippen LogP contribution in [0.15, 0.2) is 42.5 Å². The highest BCUT2D eigenvalue weighted by atomic mass is 16.5. The van der Waals surface area contributed by atoms with Crippen molar-refractivity contribution < 1.29 is 9.53 Å². The average molecular weight is 268 g/mol. The Hall–Kier alpha value is -2.49. The van der Waals surface area contributed by atoms with E-state index in [9.17, 15) is 4.79 Å². The number of ether oxygens (including phenoxy) is 1. The first kappa shape index (κ1) is 12.5. The summed E-state index contributed by atoms with van der Waals surface area (Å²) in [5.41, 5.74) is 9.48. The van der Waals surface area contributed by atoms with Crippen molar-refractivity contribution in [3.63, 3.8) is 0 Å². The van der Waals surface area contributed by atoms with Gasteiger partial charge in [-0.15, -0.1) is 0 Å². The first-order chi connectivity index (χ1) is 9.65. The van der Waals surface area contributed by atoms with Crippen molar-refractivity contribution >= 4 is 17.3 Å². The van der Waals surface area contributed by atoms with Gasteiger partial charge in [0, 0.05) is 0 Å². The van der Waals surface area contributed by atoms with E-state index >= 15 is 0 Å². The number of nitrogen functional groups attached to an aromatic ring is 1. The average Bonchev–Trinajstić information content (AvgIpc) is 2.44. The zero-order chi connectivity index (χ0) is 14.1. The second kappa shape index (κ2) is 4.89. The number of anilines is 2. The van der Waals surface area contributed by atoms with Crippen LogP contribution < -0.4 is 15.4 Å². The number of nitrogens with two attached hydrogens (primary N) is 1. The predicted octanol–water partition coefficient (Wildman–Crippen LogP) is 2.50. The van der Waals surface area contributed by atoms with Crippen LogP contribution in [0.2, 0.25) is 0 Å². The minimum Gasteiger partial charge on any atom is -0.479 e. The molecular weight excluding hydrogens is 252 g/mol. The number of carbonyl (C=O) groups is 1. The third-order valence-electron chi connectivity index (χ3n) is 3.42. The van der Waals surface area contributed by atoms with Crippen LogP contribution in [-0.2, 0) is 11.3 Å². The number of amides is 1. The highest BCUT2D eigenvalue weighted by molar-refractivity contribution is 5.99. The van der Waals surface area contributed by atoms with E-state index in [1.54, 1.807) is 11.0 Å². The molecule has 0 fully saturated rings. The van der Waals surface area contributed by atoms with Crippen molar-refractivity contribution in [2.45, 2.75) is 13.5 Å². The molecule has 1 heterocycles. The molecule has 1 aliphatic rings. The Balaban J connectivity index is 1.95. The number of rotatable bonds is 2. The van der Waals surface area contributed by atoms with Gasteiger partial charge in [-0.05, 0) is 24.6 Å². The first-order valence-electron chi connectivity index (χ1n) is 6.52. The number of para-hydroxylation sites is 1. The summed E-state index contributed by atoms with van der Waals surface area (Å²) in [6.45, 7) is 2.60. The van der Waals surface area contributed by atoms with Gasteiger partial charge in [-0.2, -0.15) is 0 Å². The molecular formula is C16H16N2O2. The molecule has 20 heavy (non-hydrogen) atoms. The van der Waals surface area contributed by atoms with Gasteiger partial charge >= 0.3 is 0 Å². The summed E-state index contributed by atoms with van der Waals surface area (Å²) in [6.07, 6.45) is 0. The van der Waals surface area contributed by atoms with Crippen molar-refractivity contribution in [1.82, 2.24) is 0 Å². The van der Waals surface area contributed by atoms with Gasteiger partial charge in [0.2, 0.25) is 0 Å². The highest BCUT2D eigenvalue weighted by Gasteiger charge is 2.26. The summed E-state index contributed by atoms with van der Waals surface area (Å²) in [7, 11) is 0. The van der Waals surface area contributed by atoms with Crippen LogP contribution in [0.1, 0.15) is 11.1 Å². The Bertz CT molecular complexity index is 650. The first-order valence-corrected chi connectivity index (χ1v) is 6.52. The monoisotopic (exact) mass is 268 g/mol. The Morgan fingerprint density at radius 3 is 2.70 bits per heavy atom. The Kier molecular flexibility index (Phi) is 3.06. The van der Waals surface area contributed by atoms with E-state index in [1.807, 2.05) is 43.3 Å². The lowest BCUT2D eigenvalue weighted by Gasteiger charge is -2.30. The molecule has 2 aromatic rings.